The third-order valence-corrected chi connectivity index (χ3v) is 6.17. The van der Waals surface area contributed by atoms with Gasteiger partial charge in [-0.15, -0.1) is 0 Å². The number of rotatable bonds is 5. The van der Waals surface area contributed by atoms with Gasteiger partial charge in [-0.3, -0.25) is 9.59 Å². The standard InChI is InChI=1S/C26H24N2O6/c1-27-10-12-34-20-9-8-17(14-19(20)27)24(29)22-23(21-7-4-11-33-21)28(26(31)25(22)30)15-16-5-3-6-18(13-16)32-2/h3-9,11,13-14,23,29H,10,12,15H2,1-2H3/b24-22-. The van der Waals surface area contributed by atoms with E-state index in [1.165, 1.54) is 11.2 Å². The molecule has 2 aliphatic rings. The van der Waals surface area contributed by atoms with Crippen LogP contribution in [0.3, 0.4) is 0 Å². The van der Waals surface area contributed by atoms with Gasteiger partial charge in [-0.25, -0.2) is 0 Å². The normalized spacial score (nSPS) is 19.2. The summed E-state index contributed by atoms with van der Waals surface area (Å²) in [6.07, 6.45) is 1.48. The second-order valence-electron chi connectivity index (χ2n) is 8.25. The zero-order valence-corrected chi connectivity index (χ0v) is 18.9. The average Bonchev–Trinajstić information content (AvgIpc) is 3.47. The molecule has 1 unspecified atom stereocenters. The number of methoxy groups -OCH3 is 1. The summed E-state index contributed by atoms with van der Waals surface area (Å²) in [5.74, 6) is 0.0143. The second-order valence-corrected chi connectivity index (χ2v) is 8.25. The number of ketones is 1. The number of hydrogen-bond donors (Lipinski definition) is 1. The number of carbonyl (C=O) groups excluding carboxylic acids is 2. The number of benzene rings is 2. The Balaban J connectivity index is 1.59. The number of nitrogens with zero attached hydrogens (tertiary/aromatic N) is 2. The van der Waals surface area contributed by atoms with Crippen LogP contribution >= 0.6 is 0 Å². The maximum atomic E-state index is 13.2. The number of Topliss-reactive ketones (excluding diaryl/α,β-unsaturated/α-hetero) is 1. The van der Waals surface area contributed by atoms with E-state index in [0.717, 1.165) is 11.3 Å². The Morgan fingerprint density at radius 2 is 2.00 bits per heavy atom. The molecule has 2 aromatic carbocycles. The predicted octanol–water partition coefficient (Wildman–Crippen LogP) is 3.74. The van der Waals surface area contributed by atoms with Crippen molar-refractivity contribution in [1.29, 1.82) is 0 Å². The first-order chi connectivity index (χ1) is 16.5. The first-order valence-electron chi connectivity index (χ1n) is 10.9. The Morgan fingerprint density at radius 3 is 2.76 bits per heavy atom. The van der Waals surface area contributed by atoms with Crippen LogP contribution in [0.25, 0.3) is 5.76 Å². The van der Waals surface area contributed by atoms with Crippen LogP contribution in [0.1, 0.15) is 22.9 Å². The Morgan fingerprint density at radius 1 is 1.15 bits per heavy atom. The van der Waals surface area contributed by atoms with Gasteiger partial charge in [0.1, 0.15) is 35.7 Å². The van der Waals surface area contributed by atoms with Crippen LogP contribution in [-0.2, 0) is 16.1 Å². The van der Waals surface area contributed by atoms with Crippen molar-refractivity contribution in [2.45, 2.75) is 12.6 Å². The fourth-order valence-corrected chi connectivity index (χ4v) is 4.41. The van der Waals surface area contributed by atoms with E-state index in [4.69, 9.17) is 13.9 Å². The molecule has 174 valence electrons. The number of carbonyl (C=O) groups is 2. The lowest BCUT2D eigenvalue weighted by atomic mass is 9.98. The van der Waals surface area contributed by atoms with Gasteiger partial charge in [0, 0.05) is 19.2 Å². The van der Waals surface area contributed by atoms with Crippen LogP contribution in [0.2, 0.25) is 0 Å². The molecule has 0 saturated carbocycles. The maximum Gasteiger partial charge on any atom is 0.296 e. The largest absolute Gasteiger partial charge is 0.507 e. The molecular weight excluding hydrogens is 436 g/mol. The monoisotopic (exact) mass is 460 g/mol. The Hall–Kier alpha value is -4.20. The maximum absolute atomic E-state index is 13.2. The fourth-order valence-electron chi connectivity index (χ4n) is 4.41. The summed E-state index contributed by atoms with van der Waals surface area (Å²) >= 11 is 0. The van der Waals surface area contributed by atoms with E-state index < -0.39 is 17.7 Å². The number of hydrogen-bond acceptors (Lipinski definition) is 7. The van der Waals surface area contributed by atoms with Crippen molar-refractivity contribution in [1.82, 2.24) is 4.90 Å². The molecular formula is C26H24N2O6. The molecule has 5 rings (SSSR count). The molecule has 0 radical (unpaired) electrons. The van der Waals surface area contributed by atoms with Crippen LogP contribution in [0.4, 0.5) is 5.69 Å². The molecule has 1 N–H and O–H groups in total. The highest BCUT2D eigenvalue weighted by Gasteiger charge is 2.47. The molecule has 8 heteroatoms. The molecule has 34 heavy (non-hydrogen) atoms. The van der Waals surface area contributed by atoms with Gasteiger partial charge in [0.25, 0.3) is 11.7 Å². The van der Waals surface area contributed by atoms with Crippen molar-refractivity contribution in [3.8, 4) is 11.5 Å². The topological polar surface area (TPSA) is 92.5 Å². The fraction of sp³-hybridized carbons (Fsp3) is 0.231. The first kappa shape index (κ1) is 21.6. The minimum atomic E-state index is -0.869. The zero-order chi connectivity index (χ0) is 23.8. The number of likely N-dealkylation sites (tertiary alicyclic amines) is 1. The van der Waals surface area contributed by atoms with Crippen molar-refractivity contribution in [3.63, 3.8) is 0 Å². The highest BCUT2D eigenvalue weighted by Crippen LogP contribution is 2.42. The highest BCUT2D eigenvalue weighted by atomic mass is 16.5. The molecule has 1 saturated heterocycles. The van der Waals surface area contributed by atoms with E-state index in [0.29, 0.717) is 36.0 Å². The number of aliphatic hydroxyl groups is 1. The van der Waals surface area contributed by atoms with Gasteiger partial charge in [0.15, 0.2) is 0 Å². The van der Waals surface area contributed by atoms with Crippen molar-refractivity contribution in [2.24, 2.45) is 0 Å². The van der Waals surface area contributed by atoms with E-state index in [9.17, 15) is 14.7 Å². The van der Waals surface area contributed by atoms with Gasteiger partial charge in [0.05, 0.1) is 31.2 Å². The number of furan rings is 1. The van der Waals surface area contributed by atoms with Crippen LogP contribution in [0.5, 0.6) is 11.5 Å². The molecule has 0 bridgehead atoms. The van der Waals surface area contributed by atoms with Gasteiger partial charge < -0.3 is 28.8 Å². The zero-order valence-electron chi connectivity index (χ0n) is 18.9. The summed E-state index contributed by atoms with van der Waals surface area (Å²) in [7, 11) is 3.50. The summed E-state index contributed by atoms with van der Waals surface area (Å²) < 4.78 is 16.6. The minimum absolute atomic E-state index is 0.0119. The minimum Gasteiger partial charge on any atom is -0.507 e. The molecule has 8 nitrogen and oxygen atoms in total. The van der Waals surface area contributed by atoms with E-state index >= 15 is 0 Å². The second kappa shape index (κ2) is 8.62. The molecule has 0 aliphatic carbocycles. The first-order valence-corrected chi connectivity index (χ1v) is 10.9. The van der Waals surface area contributed by atoms with Crippen LogP contribution in [-0.4, -0.2) is 49.0 Å². The molecule has 0 spiro atoms. The quantitative estimate of drug-likeness (QED) is 0.352. The molecule has 1 atom stereocenters. The summed E-state index contributed by atoms with van der Waals surface area (Å²) in [4.78, 5) is 29.7. The Kier molecular flexibility index (Phi) is 5.49. The van der Waals surface area contributed by atoms with Gasteiger partial charge >= 0.3 is 0 Å². The van der Waals surface area contributed by atoms with Crippen LogP contribution in [0.15, 0.2) is 70.9 Å². The third-order valence-electron chi connectivity index (χ3n) is 6.17. The van der Waals surface area contributed by atoms with Gasteiger partial charge in [-0.1, -0.05) is 12.1 Å². The molecule has 1 aromatic heterocycles. The number of ether oxygens (including phenoxy) is 2. The Labute approximate surface area is 196 Å². The summed E-state index contributed by atoms with van der Waals surface area (Å²) in [6.45, 7) is 1.42. The molecule has 3 heterocycles. The smallest absolute Gasteiger partial charge is 0.296 e. The highest BCUT2D eigenvalue weighted by molar-refractivity contribution is 6.46. The summed E-state index contributed by atoms with van der Waals surface area (Å²) in [5.41, 5.74) is 2.00. The van der Waals surface area contributed by atoms with Gasteiger partial charge in [-0.2, -0.15) is 0 Å². The number of anilines is 1. The van der Waals surface area contributed by atoms with Crippen molar-refractivity contribution in [3.05, 3.63) is 83.3 Å². The number of fused-ring (bicyclic) bond motifs is 1. The van der Waals surface area contributed by atoms with E-state index in [-0.39, 0.29) is 17.9 Å². The summed E-state index contributed by atoms with van der Waals surface area (Å²) in [5, 5.41) is 11.3. The number of aliphatic hydroxyl groups excluding tert-OH is 1. The Bertz CT molecular complexity index is 1280. The van der Waals surface area contributed by atoms with Gasteiger partial charge in [0.2, 0.25) is 0 Å². The van der Waals surface area contributed by atoms with E-state index in [1.807, 2.05) is 24.1 Å². The molecule has 1 amide bonds. The van der Waals surface area contributed by atoms with Crippen molar-refractivity contribution in [2.75, 3.05) is 32.2 Å². The lowest BCUT2D eigenvalue weighted by Crippen LogP contribution is -2.29. The summed E-state index contributed by atoms with van der Waals surface area (Å²) in [6, 6.07) is 15.0. The third kappa shape index (κ3) is 3.67. The predicted molar refractivity (Wildman–Crippen MR) is 125 cm³/mol. The SMILES string of the molecule is COc1cccc(CN2C(=O)C(=O)/C(=C(\O)c3ccc4c(c3)N(C)CCO4)C2c2ccco2)c1. The van der Waals surface area contributed by atoms with Crippen molar-refractivity contribution < 1.29 is 28.6 Å². The average molecular weight is 460 g/mol. The molecule has 2 aliphatic heterocycles. The van der Waals surface area contributed by atoms with Crippen LogP contribution in [0, 0.1) is 0 Å². The number of likely N-dealkylation sites (N-methyl/N-ethyl adjacent to an activating group) is 1. The molecule has 1 fully saturated rings. The lowest BCUT2D eigenvalue weighted by Gasteiger charge is -2.28. The van der Waals surface area contributed by atoms with Crippen LogP contribution < -0.4 is 14.4 Å². The van der Waals surface area contributed by atoms with E-state index in [1.54, 1.807) is 49.6 Å². The number of amides is 1. The van der Waals surface area contributed by atoms with Gasteiger partial charge in [-0.05, 0) is 48.0 Å². The lowest BCUT2D eigenvalue weighted by molar-refractivity contribution is -0.140. The van der Waals surface area contributed by atoms with Crippen molar-refractivity contribution >= 4 is 23.1 Å². The molecule has 3 aromatic rings. The van der Waals surface area contributed by atoms with E-state index in [2.05, 4.69) is 0 Å².